The molecule has 1 aliphatic heterocycles. The molecule has 42 valence electrons. The van der Waals surface area contributed by atoms with Crippen molar-refractivity contribution in [2.75, 3.05) is 0 Å². The van der Waals surface area contributed by atoms with Crippen LogP contribution in [0.3, 0.4) is 0 Å². The number of hydrogen-bond donors (Lipinski definition) is 1. The smallest absolute Gasteiger partial charge is 0.0798 e. The van der Waals surface area contributed by atoms with E-state index in [4.69, 9.17) is 0 Å². The summed E-state index contributed by atoms with van der Waals surface area (Å²) in [6, 6.07) is 0. The van der Waals surface area contributed by atoms with E-state index >= 15 is 0 Å². The lowest BCUT2D eigenvalue weighted by Crippen LogP contribution is -2.00. The van der Waals surface area contributed by atoms with Crippen LogP contribution in [0.25, 0.3) is 0 Å². The van der Waals surface area contributed by atoms with Gasteiger partial charge in [0.05, 0.1) is 11.2 Å². The van der Waals surface area contributed by atoms with Crippen LogP contribution >= 0.6 is 11.3 Å². The normalized spacial score (nSPS) is 16.5. The summed E-state index contributed by atoms with van der Waals surface area (Å²) in [6.45, 7) is 2.00. The summed E-state index contributed by atoms with van der Waals surface area (Å²) in [5.74, 6) is 0. The fourth-order valence-corrected chi connectivity index (χ4v) is 1.63. The van der Waals surface area contributed by atoms with E-state index < -0.39 is 0 Å². The van der Waals surface area contributed by atoms with E-state index in [1.54, 1.807) is 11.3 Å². The average Bonchev–Trinajstić information content (AvgIpc) is 2.15. The van der Waals surface area contributed by atoms with Crippen molar-refractivity contribution in [2.45, 2.75) is 13.1 Å². The molecule has 1 aliphatic rings. The summed E-state index contributed by atoms with van der Waals surface area (Å²) in [7, 11) is 0. The number of hydrogen-bond acceptors (Lipinski definition) is 3. The minimum atomic E-state index is 0.971. The Morgan fingerprint density at radius 2 is 2.62 bits per heavy atom. The summed E-state index contributed by atoms with van der Waals surface area (Å²) in [6.07, 6.45) is 0. The standard InChI is InChI=1S/C5H6N2S/c1-4-5(2-6-1)8-3-7-4/h3,6H,1-2H2. The number of rotatable bonds is 0. The summed E-state index contributed by atoms with van der Waals surface area (Å²) in [5.41, 5.74) is 3.15. The van der Waals surface area contributed by atoms with E-state index in [1.165, 1.54) is 10.6 Å². The van der Waals surface area contributed by atoms with E-state index in [9.17, 15) is 0 Å². The summed E-state index contributed by atoms with van der Waals surface area (Å²) in [5, 5.41) is 3.22. The van der Waals surface area contributed by atoms with Crippen LogP contribution in [0.4, 0.5) is 0 Å². The van der Waals surface area contributed by atoms with Crippen molar-refractivity contribution in [3.63, 3.8) is 0 Å². The highest BCUT2D eigenvalue weighted by atomic mass is 32.1. The molecule has 1 aromatic heterocycles. The molecule has 0 aromatic carbocycles. The van der Waals surface area contributed by atoms with Gasteiger partial charge in [-0.25, -0.2) is 4.98 Å². The maximum absolute atomic E-state index is 4.15. The zero-order valence-corrected chi connectivity index (χ0v) is 5.16. The van der Waals surface area contributed by atoms with Gasteiger partial charge >= 0.3 is 0 Å². The van der Waals surface area contributed by atoms with Crippen molar-refractivity contribution < 1.29 is 0 Å². The highest BCUT2D eigenvalue weighted by Gasteiger charge is 2.10. The van der Waals surface area contributed by atoms with Crippen molar-refractivity contribution in [3.05, 3.63) is 16.1 Å². The highest BCUT2D eigenvalue weighted by molar-refractivity contribution is 7.09. The third kappa shape index (κ3) is 0.485. The summed E-state index contributed by atoms with van der Waals surface area (Å²) < 4.78 is 0. The van der Waals surface area contributed by atoms with Crippen molar-refractivity contribution in [1.29, 1.82) is 0 Å². The molecule has 0 radical (unpaired) electrons. The monoisotopic (exact) mass is 126 g/mol. The van der Waals surface area contributed by atoms with E-state index in [1.807, 2.05) is 5.51 Å². The first-order valence-corrected chi connectivity index (χ1v) is 3.47. The largest absolute Gasteiger partial charge is 0.306 e. The van der Waals surface area contributed by atoms with E-state index in [2.05, 4.69) is 10.3 Å². The molecule has 0 saturated carbocycles. The fourth-order valence-electron chi connectivity index (χ4n) is 0.876. The van der Waals surface area contributed by atoms with Crippen molar-refractivity contribution in [2.24, 2.45) is 0 Å². The molecule has 0 fully saturated rings. The van der Waals surface area contributed by atoms with Gasteiger partial charge in [-0.05, 0) is 0 Å². The SMILES string of the molecule is c1nc2c(s1)CNC2. The van der Waals surface area contributed by atoms with Crippen molar-refractivity contribution in [3.8, 4) is 0 Å². The topological polar surface area (TPSA) is 24.9 Å². The average molecular weight is 126 g/mol. The predicted molar refractivity (Wildman–Crippen MR) is 32.7 cm³/mol. The second-order valence-corrected chi connectivity index (χ2v) is 2.77. The number of thiazole rings is 1. The number of fused-ring (bicyclic) bond motifs is 1. The molecule has 0 saturated heterocycles. The zero-order valence-electron chi connectivity index (χ0n) is 4.35. The Hall–Kier alpha value is -0.410. The first kappa shape index (κ1) is 4.47. The lowest BCUT2D eigenvalue weighted by molar-refractivity contribution is 0.758. The molecule has 1 aromatic rings. The van der Waals surface area contributed by atoms with Gasteiger partial charge in [-0.3, -0.25) is 0 Å². The van der Waals surface area contributed by atoms with Gasteiger partial charge in [0.1, 0.15) is 0 Å². The van der Waals surface area contributed by atoms with Gasteiger partial charge in [-0.15, -0.1) is 11.3 Å². The van der Waals surface area contributed by atoms with Gasteiger partial charge in [-0.1, -0.05) is 0 Å². The van der Waals surface area contributed by atoms with Crippen LogP contribution in [0.1, 0.15) is 10.6 Å². The zero-order chi connectivity index (χ0) is 5.40. The molecular weight excluding hydrogens is 120 g/mol. The number of nitrogens with one attached hydrogen (secondary N) is 1. The van der Waals surface area contributed by atoms with Gasteiger partial charge in [0.25, 0.3) is 0 Å². The van der Waals surface area contributed by atoms with Crippen LogP contribution in [-0.4, -0.2) is 4.98 Å². The number of aromatic nitrogens is 1. The Morgan fingerprint density at radius 1 is 1.62 bits per heavy atom. The lowest BCUT2D eigenvalue weighted by Gasteiger charge is -1.81. The molecule has 0 spiro atoms. The molecule has 2 rings (SSSR count). The van der Waals surface area contributed by atoms with Crippen LogP contribution in [-0.2, 0) is 13.1 Å². The highest BCUT2D eigenvalue weighted by Crippen LogP contribution is 2.16. The minimum Gasteiger partial charge on any atom is -0.306 e. The molecule has 2 nitrogen and oxygen atoms in total. The molecule has 3 heteroatoms. The molecule has 0 bridgehead atoms. The van der Waals surface area contributed by atoms with Crippen molar-refractivity contribution >= 4 is 11.3 Å². The molecule has 0 amide bonds. The van der Waals surface area contributed by atoms with E-state index in [0.717, 1.165) is 13.1 Å². The lowest BCUT2D eigenvalue weighted by atomic mass is 10.4. The van der Waals surface area contributed by atoms with Gasteiger partial charge in [0.15, 0.2) is 0 Å². The first-order valence-electron chi connectivity index (χ1n) is 2.59. The van der Waals surface area contributed by atoms with E-state index in [-0.39, 0.29) is 0 Å². The molecule has 2 heterocycles. The van der Waals surface area contributed by atoms with Crippen LogP contribution in [0, 0.1) is 0 Å². The summed E-state index contributed by atoms with van der Waals surface area (Å²) >= 11 is 1.74. The second kappa shape index (κ2) is 1.53. The Bertz CT molecular complexity index is 176. The maximum atomic E-state index is 4.15. The molecule has 0 unspecified atom stereocenters. The molecular formula is C5H6N2S. The Kier molecular flexibility index (Phi) is 0.856. The van der Waals surface area contributed by atoms with Crippen LogP contribution in [0.2, 0.25) is 0 Å². The van der Waals surface area contributed by atoms with Crippen LogP contribution in [0.5, 0.6) is 0 Å². The maximum Gasteiger partial charge on any atom is 0.0798 e. The van der Waals surface area contributed by atoms with E-state index in [0.29, 0.717) is 0 Å². The molecule has 8 heavy (non-hydrogen) atoms. The van der Waals surface area contributed by atoms with Crippen LogP contribution < -0.4 is 5.32 Å². The second-order valence-electron chi connectivity index (χ2n) is 1.83. The fraction of sp³-hybridized carbons (Fsp3) is 0.400. The summed E-state index contributed by atoms with van der Waals surface area (Å²) in [4.78, 5) is 5.56. The number of nitrogens with zero attached hydrogens (tertiary/aromatic N) is 1. The Morgan fingerprint density at radius 3 is 3.50 bits per heavy atom. The molecule has 1 N–H and O–H groups in total. The Balaban J connectivity index is 2.54. The first-order chi connectivity index (χ1) is 3.97. The van der Waals surface area contributed by atoms with Gasteiger partial charge < -0.3 is 5.32 Å². The molecule has 0 atom stereocenters. The van der Waals surface area contributed by atoms with Crippen LogP contribution in [0.15, 0.2) is 5.51 Å². The third-order valence-corrected chi connectivity index (χ3v) is 2.18. The quantitative estimate of drug-likeness (QED) is 0.554. The predicted octanol–water partition coefficient (Wildman–Crippen LogP) is 0.746. The minimum absolute atomic E-state index is 0.971. The van der Waals surface area contributed by atoms with Gasteiger partial charge in [0, 0.05) is 18.0 Å². The Labute approximate surface area is 51.6 Å². The van der Waals surface area contributed by atoms with Crippen molar-refractivity contribution in [1.82, 2.24) is 10.3 Å². The third-order valence-electron chi connectivity index (χ3n) is 1.30. The molecule has 0 aliphatic carbocycles. The van der Waals surface area contributed by atoms with Gasteiger partial charge in [-0.2, -0.15) is 0 Å². The van der Waals surface area contributed by atoms with Gasteiger partial charge in [0.2, 0.25) is 0 Å².